The maximum Gasteiger partial charge on any atom is 0.248 e. The van der Waals surface area contributed by atoms with Gasteiger partial charge in [-0.25, -0.2) is 8.78 Å². The van der Waals surface area contributed by atoms with Crippen LogP contribution in [0.4, 0.5) is 8.78 Å². The maximum absolute atomic E-state index is 13.0. The van der Waals surface area contributed by atoms with E-state index in [2.05, 4.69) is 0 Å². The van der Waals surface area contributed by atoms with Gasteiger partial charge in [0.2, 0.25) is 5.92 Å². The molecule has 0 amide bonds. The lowest BCUT2D eigenvalue weighted by molar-refractivity contribution is -0.0498. The summed E-state index contributed by atoms with van der Waals surface area (Å²) in [7, 11) is 0. The van der Waals surface area contributed by atoms with Gasteiger partial charge in [-0.2, -0.15) is 0 Å². The van der Waals surface area contributed by atoms with Gasteiger partial charge in [0.05, 0.1) is 6.61 Å². The SMILES string of the molecule is Cc1cccc(OCC2CCC(F)(F)CC2)c1. The van der Waals surface area contributed by atoms with E-state index in [1.165, 1.54) is 0 Å². The third kappa shape index (κ3) is 3.69. The fourth-order valence-corrected chi connectivity index (χ4v) is 2.19. The van der Waals surface area contributed by atoms with Gasteiger partial charge < -0.3 is 4.74 Å². The van der Waals surface area contributed by atoms with Crippen molar-refractivity contribution in [2.45, 2.75) is 38.5 Å². The van der Waals surface area contributed by atoms with Crippen LogP contribution in [0.5, 0.6) is 5.75 Å². The van der Waals surface area contributed by atoms with Gasteiger partial charge in [-0.1, -0.05) is 12.1 Å². The molecule has 1 aromatic rings. The fraction of sp³-hybridized carbons (Fsp3) is 0.571. The Bertz CT molecular complexity index is 366. The Morgan fingerprint density at radius 2 is 2.00 bits per heavy atom. The number of benzene rings is 1. The molecule has 0 aromatic heterocycles. The van der Waals surface area contributed by atoms with E-state index >= 15 is 0 Å². The van der Waals surface area contributed by atoms with E-state index in [0.29, 0.717) is 19.4 Å². The highest BCUT2D eigenvalue weighted by Crippen LogP contribution is 2.36. The van der Waals surface area contributed by atoms with Crippen molar-refractivity contribution in [3.63, 3.8) is 0 Å². The summed E-state index contributed by atoms with van der Waals surface area (Å²) in [5, 5.41) is 0. The fourth-order valence-electron chi connectivity index (χ4n) is 2.19. The molecule has 1 aliphatic rings. The number of aryl methyl sites for hydroxylation is 1. The highest BCUT2D eigenvalue weighted by Gasteiger charge is 2.34. The topological polar surface area (TPSA) is 9.23 Å². The van der Waals surface area contributed by atoms with Crippen molar-refractivity contribution >= 4 is 0 Å². The summed E-state index contributed by atoms with van der Waals surface area (Å²) in [5.41, 5.74) is 1.15. The summed E-state index contributed by atoms with van der Waals surface area (Å²) < 4.78 is 31.6. The molecule has 1 fully saturated rings. The maximum atomic E-state index is 13.0. The number of halogens is 2. The lowest BCUT2D eigenvalue weighted by Gasteiger charge is -2.28. The van der Waals surface area contributed by atoms with E-state index in [1.807, 2.05) is 31.2 Å². The molecule has 0 N–H and O–H groups in total. The molecule has 0 bridgehead atoms. The third-order valence-corrected chi connectivity index (χ3v) is 3.31. The van der Waals surface area contributed by atoms with Crippen LogP contribution in [0, 0.1) is 12.8 Å². The summed E-state index contributed by atoms with van der Waals surface area (Å²) in [6.07, 6.45) is 1.15. The largest absolute Gasteiger partial charge is 0.493 e. The van der Waals surface area contributed by atoms with Crippen molar-refractivity contribution in [1.29, 1.82) is 0 Å². The van der Waals surface area contributed by atoms with Gasteiger partial charge in [0.1, 0.15) is 5.75 Å². The van der Waals surface area contributed by atoms with Crippen LogP contribution in [0.25, 0.3) is 0 Å². The van der Waals surface area contributed by atoms with Crippen molar-refractivity contribution in [2.75, 3.05) is 6.61 Å². The zero-order valence-electron chi connectivity index (χ0n) is 10.1. The molecule has 17 heavy (non-hydrogen) atoms. The Kier molecular flexibility index (Phi) is 3.65. The van der Waals surface area contributed by atoms with E-state index in [0.717, 1.165) is 11.3 Å². The molecule has 0 heterocycles. The number of ether oxygens (including phenoxy) is 1. The first-order chi connectivity index (χ1) is 8.05. The molecule has 1 aromatic carbocycles. The van der Waals surface area contributed by atoms with Crippen LogP contribution in [-0.2, 0) is 0 Å². The van der Waals surface area contributed by atoms with Crippen LogP contribution >= 0.6 is 0 Å². The molecule has 0 atom stereocenters. The molecule has 0 unspecified atom stereocenters. The predicted octanol–water partition coefficient (Wildman–Crippen LogP) is 4.20. The first-order valence-corrected chi connectivity index (χ1v) is 6.12. The first kappa shape index (κ1) is 12.3. The second kappa shape index (κ2) is 5.03. The molecule has 0 aliphatic heterocycles. The quantitative estimate of drug-likeness (QED) is 0.769. The van der Waals surface area contributed by atoms with Crippen LogP contribution < -0.4 is 4.74 Å². The highest BCUT2D eigenvalue weighted by molar-refractivity contribution is 5.27. The Balaban J connectivity index is 1.80. The summed E-state index contributed by atoms with van der Waals surface area (Å²) in [4.78, 5) is 0. The number of alkyl halides is 2. The van der Waals surface area contributed by atoms with Crippen molar-refractivity contribution < 1.29 is 13.5 Å². The van der Waals surface area contributed by atoms with Gasteiger partial charge in [-0.3, -0.25) is 0 Å². The van der Waals surface area contributed by atoms with E-state index in [9.17, 15) is 8.78 Å². The minimum Gasteiger partial charge on any atom is -0.493 e. The van der Waals surface area contributed by atoms with Gasteiger partial charge in [0.25, 0.3) is 0 Å². The monoisotopic (exact) mass is 240 g/mol. The van der Waals surface area contributed by atoms with E-state index in [1.54, 1.807) is 0 Å². The standard InChI is InChI=1S/C14H18F2O/c1-11-3-2-4-13(9-11)17-10-12-5-7-14(15,16)8-6-12/h2-4,9,12H,5-8,10H2,1H3. The molecule has 1 nitrogen and oxygen atoms in total. The average Bonchev–Trinajstić information content (AvgIpc) is 2.28. The number of rotatable bonds is 3. The van der Waals surface area contributed by atoms with Gasteiger partial charge >= 0.3 is 0 Å². The van der Waals surface area contributed by atoms with E-state index in [-0.39, 0.29) is 18.8 Å². The van der Waals surface area contributed by atoms with E-state index < -0.39 is 5.92 Å². The van der Waals surface area contributed by atoms with Crippen molar-refractivity contribution in [3.8, 4) is 5.75 Å². The zero-order valence-corrected chi connectivity index (χ0v) is 10.1. The lowest BCUT2D eigenvalue weighted by atomic mass is 9.87. The van der Waals surface area contributed by atoms with E-state index in [4.69, 9.17) is 4.74 Å². The summed E-state index contributed by atoms with van der Waals surface area (Å²) in [6, 6.07) is 7.83. The van der Waals surface area contributed by atoms with Gasteiger partial charge in [-0.05, 0) is 43.4 Å². The summed E-state index contributed by atoms with van der Waals surface area (Å²) in [5.74, 6) is -1.34. The Labute approximate surface area is 101 Å². The Morgan fingerprint density at radius 1 is 1.29 bits per heavy atom. The van der Waals surface area contributed by atoms with Crippen LogP contribution in [0.15, 0.2) is 24.3 Å². The molecule has 0 radical (unpaired) electrons. The second-order valence-electron chi connectivity index (χ2n) is 4.93. The third-order valence-electron chi connectivity index (χ3n) is 3.31. The summed E-state index contributed by atoms with van der Waals surface area (Å²) in [6.45, 7) is 2.56. The molecule has 3 heteroatoms. The smallest absolute Gasteiger partial charge is 0.248 e. The van der Waals surface area contributed by atoms with Crippen LogP contribution in [0.2, 0.25) is 0 Å². The van der Waals surface area contributed by atoms with Gasteiger partial charge in [-0.15, -0.1) is 0 Å². The minimum atomic E-state index is -2.44. The van der Waals surface area contributed by atoms with Gasteiger partial charge in [0, 0.05) is 12.8 Å². The van der Waals surface area contributed by atoms with Crippen molar-refractivity contribution in [3.05, 3.63) is 29.8 Å². The minimum absolute atomic E-state index is 0.00877. The van der Waals surface area contributed by atoms with Crippen molar-refractivity contribution in [1.82, 2.24) is 0 Å². The first-order valence-electron chi connectivity index (χ1n) is 6.12. The zero-order chi connectivity index (χ0) is 12.3. The lowest BCUT2D eigenvalue weighted by Crippen LogP contribution is -2.27. The van der Waals surface area contributed by atoms with Crippen LogP contribution in [0.3, 0.4) is 0 Å². The van der Waals surface area contributed by atoms with Crippen LogP contribution in [0.1, 0.15) is 31.2 Å². The number of hydrogen-bond acceptors (Lipinski definition) is 1. The number of hydrogen-bond donors (Lipinski definition) is 0. The predicted molar refractivity (Wildman–Crippen MR) is 63.6 cm³/mol. The summed E-state index contributed by atoms with van der Waals surface area (Å²) >= 11 is 0. The molecule has 0 saturated heterocycles. The highest BCUT2D eigenvalue weighted by atomic mass is 19.3. The molecule has 1 aliphatic carbocycles. The average molecular weight is 240 g/mol. The normalized spacial score (nSPS) is 20.2. The second-order valence-corrected chi connectivity index (χ2v) is 4.93. The molecular weight excluding hydrogens is 222 g/mol. The molecular formula is C14H18F2O. The Hall–Kier alpha value is -1.12. The molecule has 1 saturated carbocycles. The molecule has 2 rings (SSSR count). The van der Waals surface area contributed by atoms with Crippen LogP contribution in [-0.4, -0.2) is 12.5 Å². The Morgan fingerprint density at radius 3 is 2.65 bits per heavy atom. The molecule has 94 valence electrons. The molecule has 0 spiro atoms. The van der Waals surface area contributed by atoms with Gasteiger partial charge in [0.15, 0.2) is 0 Å². The van der Waals surface area contributed by atoms with Crippen molar-refractivity contribution in [2.24, 2.45) is 5.92 Å².